The van der Waals surface area contributed by atoms with Gasteiger partial charge >= 0.3 is 5.97 Å². The van der Waals surface area contributed by atoms with Gasteiger partial charge in [-0.2, -0.15) is 0 Å². The maximum Gasteiger partial charge on any atom is 0.306 e. The molecule has 4 aromatic heterocycles. The lowest BCUT2D eigenvalue weighted by molar-refractivity contribution is -0.143. The quantitative estimate of drug-likeness (QED) is 0.143. The van der Waals surface area contributed by atoms with Gasteiger partial charge in [-0.1, -0.05) is 24.3 Å². The molecule has 3 N–H and O–H groups in total. The molecular formula is C41H42N6O5. The van der Waals surface area contributed by atoms with Crippen LogP contribution in [0.1, 0.15) is 48.8 Å². The SMILES string of the molecule is Cc1c(Nc2nccc3cc(CN4CC[C@@H](O)C4)cnc23)cccc1-c1cccc(-c2nc3c(=O)n(CC4CCC(C(=O)O)CC4)ccc3o2)c1C. The highest BCUT2D eigenvalue weighted by atomic mass is 16.4. The summed E-state index contributed by atoms with van der Waals surface area (Å²) in [6.07, 6.45) is 8.86. The van der Waals surface area contributed by atoms with Crippen molar-refractivity contribution in [2.45, 2.75) is 65.1 Å². The number of fused-ring (bicyclic) bond motifs is 2. The van der Waals surface area contributed by atoms with Crippen LogP contribution in [0.2, 0.25) is 0 Å². The van der Waals surface area contributed by atoms with E-state index in [4.69, 9.17) is 14.4 Å². The Morgan fingerprint density at radius 1 is 0.942 bits per heavy atom. The van der Waals surface area contributed by atoms with E-state index in [1.807, 2.05) is 43.5 Å². The first-order valence-corrected chi connectivity index (χ1v) is 18.1. The van der Waals surface area contributed by atoms with E-state index in [2.05, 4.69) is 40.3 Å². The Hall–Kier alpha value is -5.39. The number of nitrogens with zero attached hydrogens (tertiary/aromatic N) is 5. The maximum atomic E-state index is 13.5. The summed E-state index contributed by atoms with van der Waals surface area (Å²) in [4.78, 5) is 41.3. The van der Waals surface area contributed by atoms with Gasteiger partial charge in [0.15, 0.2) is 16.9 Å². The molecule has 1 aliphatic heterocycles. The maximum absolute atomic E-state index is 13.5. The molecular weight excluding hydrogens is 656 g/mol. The summed E-state index contributed by atoms with van der Waals surface area (Å²) in [7, 11) is 0. The van der Waals surface area contributed by atoms with Gasteiger partial charge < -0.3 is 24.5 Å². The number of β-amino-alcohol motifs (C(OH)–C–C–N with tert-alkyl or cyclic N) is 1. The summed E-state index contributed by atoms with van der Waals surface area (Å²) in [5, 5.41) is 23.8. The van der Waals surface area contributed by atoms with Gasteiger partial charge in [0.25, 0.3) is 5.56 Å². The monoisotopic (exact) mass is 698 g/mol. The van der Waals surface area contributed by atoms with E-state index in [0.29, 0.717) is 48.7 Å². The first kappa shape index (κ1) is 33.7. The lowest BCUT2D eigenvalue weighted by Gasteiger charge is -2.26. The van der Waals surface area contributed by atoms with Gasteiger partial charge in [0.05, 0.1) is 12.0 Å². The molecule has 11 nitrogen and oxygen atoms in total. The third kappa shape index (κ3) is 6.57. The average molecular weight is 699 g/mol. The largest absolute Gasteiger partial charge is 0.481 e. The lowest BCUT2D eigenvalue weighted by Crippen LogP contribution is -2.28. The number of oxazole rings is 1. The Morgan fingerprint density at radius 2 is 1.71 bits per heavy atom. The van der Waals surface area contributed by atoms with E-state index in [0.717, 1.165) is 82.3 Å². The highest BCUT2D eigenvalue weighted by Crippen LogP contribution is 2.37. The number of carboxylic acids is 1. The van der Waals surface area contributed by atoms with Crippen LogP contribution in [0.15, 0.2) is 82.4 Å². The van der Waals surface area contributed by atoms with Gasteiger partial charge in [-0.15, -0.1) is 0 Å². The highest BCUT2D eigenvalue weighted by Gasteiger charge is 2.27. The summed E-state index contributed by atoms with van der Waals surface area (Å²) in [6, 6.07) is 18.1. The number of hydrogen-bond donors (Lipinski definition) is 3. The highest BCUT2D eigenvalue weighted by molar-refractivity contribution is 5.91. The van der Waals surface area contributed by atoms with Crippen LogP contribution in [-0.2, 0) is 17.9 Å². The molecule has 2 fully saturated rings. The molecule has 0 amide bonds. The average Bonchev–Trinajstić information content (AvgIpc) is 3.77. The lowest BCUT2D eigenvalue weighted by atomic mass is 9.82. The minimum Gasteiger partial charge on any atom is -0.481 e. The second kappa shape index (κ2) is 14.0. The molecule has 266 valence electrons. The number of hydrogen-bond acceptors (Lipinski definition) is 9. The molecule has 0 unspecified atom stereocenters. The molecule has 8 rings (SSSR count). The van der Waals surface area contributed by atoms with E-state index in [1.165, 1.54) is 0 Å². The zero-order valence-corrected chi connectivity index (χ0v) is 29.4. The number of aliphatic hydroxyl groups excluding tert-OH is 1. The summed E-state index contributed by atoms with van der Waals surface area (Å²) in [6.45, 7) is 7.00. The number of nitrogens with one attached hydrogen (secondary N) is 1. The standard InChI is InChI=1S/C41H42N6O5/c1-24-31(5-3-7-33(24)39-45-37-35(52-39)15-18-47(40(37)49)22-26-9-11-28(12-10-26)41(50)51)32-6-4-8-34(25(32)2)44-38-36-29(13-16-42-38)19-27(20-43-36)21-46-17-14-30(48)23-46/h3-8,13,15-16,18-20,26,28,30,48H,9-12,14,17,21-23H2,1-2H3,(H,42,44)(H,50,51)/t26?,28?,30-/m1/s1. The predicted molar refractivity (Wildman–Crippen MR) is 200 cm³/mol. The fourth-order valence-corrected chi connectivity index (χ4v) is 7.94. The van der Waals surface area contributed by atoms with Crippen LogP contribution >= 0.6 is 0 Å². The van der Waals surface area contributed by atoms with E-state index in [-0.39, 0.29) is 23.5 Å². The zero-order chi connectivity index (χ0) is 35.9. The van der Waals surface area contributed by atoms with Crippen molar-refractivity contribution in [1.29, 1.82) is 0 Å². The third-order valence-electron chi connectivity index (χ3n) is 10.9. The smallest absolute Gasteiger partial charge is 0.306 e. The number of carboxylic acid groups (broad SMARTS) is 1. The van der Waals surface area contributed by atoms with Crippen LogP contribution < -0.4 is 10.9 Å². The normalized spacial score (nSPS) is 19.4. The van der Waals surface area contributed by atoms with Crippen LogP contribution in [0.4, 0.5) is 11.5 Å². The fraction of sp³-hybridized carbons (Fsp3) is 0.341. The molecule has 2 aromatic carbocycles. The van der Waals surface area contributed by atoms with E-state index in [1.54, 1.807) is 23.0 Å². The zero-order valence-electron chi connectivity index (χ0n) is 29.4. The Kier molecular flexibility index (Phi) is 9.06. The van der Waals surface area contributed by atoms with Crippen LogP contribution in [0.3, 0.4) is 0 Å². The van der Waals surface area contributed by atoms with Gasteiger partial charge in [-0.25, -0.2) is 9.97 Å². The third-order valence-corrected chi connectivity index (χ3v) is 10.9. The Balaban J connectivity index is 1.04. The predicted octanol–water partition coefficient (Wildman–Crippen LogP) is 7.08. The second-order valence-corrected chi connectivity index (χ2v) is 14.4. The summed E-state index contributed by atoms with van der Waals surface area (Å²) in [5.74, 6) is 0.310. The fourth-order valence-electron chi connectivity index (χ4n) is 7.94. The van der Waals surface area contributed by atoms with Crippen molar-refractivity contribution >= 4 is 39.5 Å². The summed E-state index contributed by atoms with van der Waals surface area (Å²) in [5.41, 5.74) is 8.25. The van der Waals surface area contributed by atoms with Crippen molar-refractivity contribution < 1.29 is 19.4 Å². The molecule has 0 radical (unpaired) electrons. The molecule has 1 aliphatic carbocycles. The summed E-state index contributed by atoms with van der Waals surface area (Å²) >= 11 is 0. The number of rotatable bonds is 9. The van der Waals surface area contributed by atoms with Gasteiger partial charge in [0.1, 0.15) is 5.52 Å². The van der Waals surface area contributed by atoms with Crippen LogP contribution in [0, 0.1) is 25.7 Å². The number of aliphatic hydroxyl groups is 1. The molecule has 11 heteroatoms. The molecule has 52 heavy (non-hydrogen) atoms. The van der Waals surface area contributed by atoms with Crippen molar-refractivity contribution in [2.75, 3.05) is 18.4 Å². The first-order chi connectivity index (χ1) is 25.2. The van der Waals surface area contributed by atoms with E-state index < -0.39 is 5.97 Å². The van der Waals surface area contributed by atoms with Crippen molar-refractivity contribution in [3.05, 3.63) is 100 Å². The minimum absolute atomic E-state index is 0.199. The van der Waals surface area contributed by atoms with Gasteiger partial charge in [-0.05, 0) is 110 Å². The number of aromatic nitrogens is 4. The molecule has 1 saturated carbocycles. The molecule has 1 saturated heterocycles. The van der Waals surface area contributed by atoms with E-state index >= 15 is 0 Å². The van der Waals surface area contributed by atoms with Crippen LogP contribution in [0.5, 0.6) is 0 Å². The van der Waals surface area contributed by atoms with Crippen LogP contribution in [-0.4, -0.2) is 59.8 Å². The number of benzene rings is 2. The van der Waals surface area contributed by atoms with Crippen LogP contribution in [0.25, 0.3) is 44.6 Å². The summed E-state index contributed by atoms with van der Waals surface area (Å²) < 4.78 is 7.87. The molecule has 2 aliphatic rings. The number of anilines is 2. The van der Waals surface area contributed by atoms with Crippen molar-refractivity contribution in [3.8, 4) is 22.6 Å². The molecule has 5 heterocycles. The second-order valence-electron chi connectivity index (χ2n) is 14.4. The Morgan fingerprint density at radius 3 is 2.48 bits per heavy atom. The van der Waals surface area contributed by atoms with Gasteiger partial charge in [0, 0.05) is 61.4 Å². The Labute approximate surface area is 301 Å². The number of aliphatic carboxylic acids is 1. The van der Waals surface area contributed by atoms with Gasteiger partial charge in [0.2, 0.25) is 5.89 Å². The first-order valence-electron chi connectivity index (χ1n) is 18.1. The topological polar surface area (TPSA) is 147 Å². The van der Waals surface area contributed by atoms with E-state index in [9.17, 15) is 19.8 Å². The van der Waals surface area contributed by atoms with Gasteiger partial charge in [-0.3, -0.25) is 19.5 Å². The van der Waals surface area contributed by atoms with Crippen molar-refractivity contribution in [3.63, 3.8) is 0 Å². The Bertz CT molecular complexity index is 2360. The van der Waals surface area contributed by atoms with Crippen molar-refractivity contribution in [1.82, 2.24) is 24.4 Å². The number of pyridine rings is 3. The minimum atomic E-state index is -0.729. The number of carbonyl (C=O) groups is 1. The molecule has 0 bridgehead atoms. The molecule has 1 atom stereocenters. The number of likely N-dealkylation sites (tertiary alicyclic amines) is 1. The molecule has 6 aromatic rings. The van der Waals surface area contributed by atoms with Crippen molar-refractivity contribution in [2.24, 2.45) is 11.8 Å². The molecule has 0 spiro atoms.